The van der Waals surface area contributed by atoms with Crippen LogP contribution in [0.5, 0.6) is 5.75 Å². The largest absolute Gasteiger partial charge is 0.488 e. The number of rotatable bonds is 4. The third-order valence-electron chi connectivity index (χ3n) is 4.16. The number of nitrogens with zero attached hydrogens (tertiary/aromatic N) is 1. The van der Waals surface area contributed by atoms with Gasteiger partial charge in [-0.1, -0.05) is 23.7 Å². The Morgan fingerprint density at radius 3 is 2.59 bits per heavy atom. The van der Waals surface area contributed by atoms with Crippen molar-refractivity contribution < 1.29 is 17.9 Å². The normalized spacial score (nSPS) is 11.2. The molecule has 0 saturated carbocycles. The minimum Gasteiger partial charge on any atom is -0.488 e. The third-order valence-corrected chi connectivity index (χ3v) is 4.40. The number of hydrogen-bond donors (Lipinski definition) is 1. The molecule has 4 nitrogen and oxygen atoms in total. The van der Waals surface area contributed by atoms with Crippen LogP contribution >= 0.6 is 11.6 Å². The Bertz CT molecular complexity index is 1160. The number of aryl methyl sites for hydroxylation is 1. The van der Waals surface area contributed by atoms with Crippen LogP contribution in [0.2, 0.25) is 5.02 Å². The average molecular weight is 419 g/mol. The highest BCUT2D eigenvalue weighted by atomic mass is 35.5. The molecule has 29 heavy (non-hydrogen) atoms. The summed E-state index contributed by atoms with van der Waals surface area (Å²) in [4.78, 5) is 14.7. The first kappa shape index (κ1) is 20.5. The molecule has 0 spiro atoms. The predicted octanol–water partition coefficient (Wildman–Crippen LogP) is 5.47. The molecule has 0 amide bonds. The van der Waals surface area contributed by atoms with E-state index in [2.05, 4.69) is 4.98 Å². The predicted molar refractivity (Wildman–Crippen MR) is 103 cm³/mol. The lowest BCUT2D eigenvalue weighted by molar-refractivity contribution is -0.137. The van der Waals surface area contributed by atoms with E-state index in [9.17, 15) is 23.2 Å². The fraction of sp³-hybridized carbons (Fsp3) is 0.143. The number of H-pyrrole nitrogens is 1. The SMILES string of the molecule is Cc1cc(-c2cc(Cl)ccc2OCc2cccc(C(F)(F)F)c2)c(C#N)c(=O)[nH]1. The van der Waals surface area contributed by atoms with Gasteiger partial charge in [0, 0.05) is 21.8 Å². The Labute approximate surface area is 169 Å². The van der Waals surface area contributed by atoms with E-state index < -0.39 is 17.3 Å². The van der Waals surface area contributed by atoms with Gasteiger partial charge in [0.05, 0.1) is 5.56 Å². The number of ether oxygens (including phenoxy) is 1. The van der Waals surface area contributed by atoms with Gasteiger partial charge in [-0.3, -0.25) is 4.79 Å². The summed E-state index contributed by atoms with van der Waals surface area (Å²) in [5.41, 5.74) is 0.154. The van der Waals surface area contributed by atoms with Crippen molar-refractivity contribution in [3.8, 4) is 22.9 Å². The molecule has 1 heterocycles. The summed E-state index contributed by atoms with van der Waals surface area (Å²) in [7, 11) is 0. The summed E-state index contributed by atoms with van der Waals surface area (Å²) in [6.45, 7) is 1.53. The molecule has 0 unspecified atom stereocenters. The molecule has 8 heteroatoms. The van der Waals surface area contributed by atoms with Crippen LogP contribution in [0.3, 0.4) is 0 Å². The lowest BCUT2D eigenvalue weighted by Crippen LogP contribution is -2.13. The molecule has 0 atom stereocenters. The summed E-state index contributed by atoms with van der Waals surface area (Å²) in [5.74, 6) is 0.285. The number of hydrogen-bond acceptors (Lipinski definition) is 3. The first-order valence-corrected chi connectivity index (χ1v) is 8.79. The fourth-order valence-electron chi connectivity index (χ4n) is 2.85. The summed E-state index contributed by atoms with van der Waals surface area (Å²) in [5, 5.41) is 9.73. The van der Waals surface area contributed by atoms with E-state index in [4.69, 9.17) is 16.3 Å². The molecule has 0 saturated heterocycles. The Hall–Kier alpha value is -3.24. The zero-order valence-corrected chi connectivity index (χ0v) is 15.9. The molecule has 2 aromatic carbocycles. The van der Waals surface area contributed by atoms with Crippen LogP contribution in [0.25, 0.3) is 11.1 Å². The van der Waals surface area contributed by atoms with Gasteiger partial charge >= 0.3 is 6.18 Å². The van der Waals surface area contributed by atoms with E-state index in [0.29, 0.717) is 27.4 Å². The smallest absolute Gasteiger partial charge is 0.416 e. The molecule has 0 bridgehead atoms. The first-order valence-electron chi connectivity index (χ1n) is 8.42. The molecule has 0 fully saturated rings. The highest BCUT2D eigenvalue weighted by Gasteiger charge is 2.30. The number of aromatic amines is 1. The molecule has 0 aliphatic carbocycles. The minimum absolute atomic E-state index is 0.109. The summed E-state index contributed by atoms with van der Waals surface area (Å²) in [6.07, 6.45) is -4.45. The van der Waals surface area contributed by atoms with E-state index in [1.807, 2.05) is 6.07 Å². The van der Waals surface area contributed by atoms with Crippen molar-refractivity contribution >= 4 is 11.6 Å². The second kappa shape index (κ2) is 8.02. The summed E-state index contributed by atoms with van der Waals surface area (Å²) < 4.78 is 44.4. The van der Waals surface area contributed by atoms with Crippen LogP contribution < -0.4 is 10.3 Å². The molecule has 0 aliphatic heterocycles. The Balaban J connectivity index is 2.00. The summed E-state index contributed by atoms with van der Waals surface area (Å²) >= 11 is 6.08. The van der Waals surface area contributed by atoms with Crippen molar-refractivity contribution in [3.05, 3.63) is 86.3 Å². The van der Waals surface area contributed by atoms with Crippen LogP contribution in [-0.2, 0) is 12.8 Å². The number of alkyl halides is 3. The van der Waals surface area contributed by atoms with Crippen molar-refractivity contribution in [3.63, 3.8) is 0 Å². The quantitative estimate of drug-likeness (QED) is 0.610. The molecule has 148 valence electrons. The van der Waals surface area contributed by atoms with Crippen molar-refractivity contribution in [1.82, 2.24) is 4.98 Å². The van der Waals surface area contributed by atoms with Gasteiger partial charge in [0.2, 0.25) is 0 Å². The number of aromatic nitrogens is 1. The molecule has 3 rings (SSSR count). The van der Waals surface area contributed by atoms with Gasteiger partial charge in [0.25, 0.3) is 5.56 Å². The maximum Gasteiger partial charge on any atom is 0.416 e. The topological polar surface area (TPSA) is 65.9 Å². The van der Waals surface area contributed by atoms with Crippen LogP contribution in [0.1, 0.15) is 22.4 Å². The number of nitrogens with one attached hydrogen (secondary N) is 1. The monoisotopic (exact) mass is 418 g/mol. The maximum absolute atomic E-state index is 12.9. The minimum atomic E-state index is -4.45. The average Bonchev–Trinajstić information content (AvgIpc) is 2.66. The van der Waals surface area contributed by atoms with Crippen LogP contribution in [0, 0.1) is 18.3 Å². The molecular formula is C21H14ClF3N2O2. The highest BCUT2D eigenvalue weighted by molar-refractivity contribution is 6.31. The Morgan fingerprint density at radius 1 is 1.14 bits per heavy atom. The summed E-state index contributed by atoms with van der Waals surface area (Å²) in [6, 6.07) is 12.9. The first-order chi connectivity index (χ1) is 13.7. The highest BCUT2D eigenvalue weighted by Crippen LogP contribution is 2.35. The van der Waals surface area contributed by atoms with Gasteiger partial charge < -0.3 is 9.72 Å². The van der Waals surface area contributed by atoms with Crippen molar-refractivity contribution in [2.24, 2.45) is 0 Å². The zero-order valence-electron chi connectivity index (χ0n) is 15.1. The number of halogens is 4. The lowest BCUT2D eigenvalue weighted by atomic mass is 10.00. The zero-order chi connectivity index (χ0) is 21.2. The van der Waals surface area contributed by atoms with E-state index in [1.165, 1.54) is 18.2 Å². The van der Waals surface area contributed by atoms with Gasteiger partial charge in [-0.15, -0.1) is 0 Å². The third kappa shape index (κ3) is 4.61. The number of benzene rings is 2. The van der Waals surface area contributed by atoms with Crippen molar-refractivity contribution in [2.45, 2.75) is 19.7 Å². The lowest BCUT2D eigenvalue weighted by Gasteiger charge is -2.14. The second-order valence-corrected chi connectivity index (χ2v) is 6.75. The Kier molecular flexibility index (Phi) is 5.66. The van der Waals surface area contributed by atoms with Crippen molar-refractivity contribution in [2.75, 3.05) is 0 Å². The van der Waals surface area contributed by atoms with Crippen LogP contribution in [0.4, 0.5) is 13.2 Å². The molecule has 1 aromatic heterocycles. The fourth-order valence-corrected chi connectivity index (χ4v) is 3.02. The van der Waals surface area contributed by atoms with Gasteiger partial charge in [-0.05, 0) is 48.9 Å². The molecule has 0 radical (unpaired) electrons. The van der Waals surface area contributed by atoms with Gasteiger partial charge in [-0.25, -0.2) is 0 Å². The Morgan fingerprint density at radius 2 is 1.90 bits per heavy atom. The van der Waals surface area contributed by atoms with E-state index >= 15 is 0 Å². The van der Waals surface area contributed by atoms with Gasteiger partial charge in [0.1, 0.15) is 24.0 Å². The van der Waals surface area contributed by atoms with Crippen LogP contribution in [0.15, 0.2) is 53.3 Å². The van der Waals surface area contributed by atoms with Gasteiger partial charge in [0.15, 0.2) is 0 Å². The molecule has 1 N–H and O–H groups in total. The van der Waals surface area contributed by atoms with Crippen molar-refractivity contribution in [1.29, 1.82) is 5.26 Å². The number of pyridine rings is 1. The second-order valence-electron chi connectivity index (χ2n) is 6.31. The van der Waals surface area contributed by atoms with Crippen LogP contribution in [-0.4, -0.2) is 4.98 Å². The molecular weight excluding hydrogens is 405 g/mol. The maximum atomic E-state index is 12.9. The van der Waals surface area contributed by atoms with Gasteiger partial charge in [-0.2, -0.15) is 18.4 Å². The number of nitriles is 1. The van der Waals surface area contributed by atoms with E-state index in [1.54, 1.807) is 25.1 Å². The standard InChI is InChI=1S/C21H14ClF3N2O2/c1-12-7-16(18(10-26)20(28)27-12)17-9-15(22)5-6-19(17)29-11-13-3-2-4-14(8-13)21(23,24)25/h2-9H,11H2,1H3,(H,27,28). The molecule has 0 aliphatic rings. The molecule has 3 aromatic rings. The van der Waals surface area contributed by atoms with E-state index in [0.717, 1.165) is 12.1 Å². The van der Waals surface area contributed by atoms with E-state index in [-0.39, 0.29) is 17.9 Å².